The van der Waals surface area contributed by atoms with Gasteiger partial charge in [-0.05, 0) is 6.42 Å². The molecule has 0 aliphatic carbocycles. The molecular weight excluding hydrogens is 244 g/mol. The van der Waals surface area contributed by atoms with Crippen molar-refractivity contribution < 1.29 is 13.2 Å². The van der Waals surface area contributed by atoms with Gasteiger partial charge in [0.25, 0.3) is 10.2 Å². The lowest BCUT2D eigenvalue weighted by molar-refractivity contribution is -0.130. The van der Waals surface area contributed by atoms with E-state index >= 15 is 0 Å². The lowest BCUT2D eigenvalue weighted by Crippen LogP contribution is -2.50. The van der Waals surface area contributed by atoms with E-state index < -0.39 is 10.2 Å². The summed E-state index contributed by atoms with van der Waals surface area (Å²) >= 11 is 0. The van der Waals surface area contributed by atoms with E-state index in [-0.39, 0.29) is 12.5 Å². The molecule has 7 nitrogen and oxygen atoms in total. The third kappa shape index (κ3) is 5.44. The largest absolute Gasteiger partial charge is 0.339 e. The van der Waals surface area contributed by atoms with Crippen LogP contribution in [0.4, 0.5) is 0 Å². The van der Waals surface area contributed by atoms with E-state index in [2.05, 4.69) is 14.8 Å². The molecule has 1 aliphatic rings. The molecule has 0 aromatic rings. The summed E-state index contributed by atoms with van der Waals surface area (Å²) in [6.45, 7) is 4.83. The highest BCUT2D eigenvalue weighted by Gasteiger charge is 2.18. The van der Waals surface area contributed by atoms with Crippen LogP contribution in [0.25, 0.3) is 0 Å². The zero-order valence-electron chi connectivity index (χ0n) is 10.0. The van der Waals surface area contributed by atoms with Gasteiger partial charge in [0.05, 0.1) is 6.54 Å². The molecule has 0 atom stereocenters. The van der Waals surface area contributed by atoms with Crippen molar-refractivity contribution in [3.8, 4) is 0 Å². The number of hydrogen-bond acceptors (Lipinski definition) is 4. The van der Waals surface area contributed by atoms with E-state index in [0.717, 1.165) is 13.1 Å². The first-order valence-electron chi connectivity index (χ1n) is 5.78. The van der Waals surface area contributed by atoms with Crippen molar-refractivity contribution in [3.05, 3.63) is 0 Å². The molecule has 0 aromatic carbocycles. The predicted octanol–water partition coefficient (Wildman–Crippen LogP) is -1.75. The van der Waals surface area contributed by atoms with Crippen molar-refractivity contribution in [1.29, 1.82) is 0 Å². The predicted molar refractivity (Wildman–Crippen MR) is 64.7 cm³/mol. The molecule has 0 saturated carbocycles. The number of nitrogens with one attached hydrogen (secondary N) is 3. The summed E-state index contributed by atoms with van der Waals surface area (Å²) in [7, 11) is -3.54. The summed E-state index contributed by atoms with van der Waals surface area (Å²) in [6, 6.07) is 0. The van der Waals surface area contributed by atoms with Crippen molar-refractivity contribution in [2.24, 2.45) is 0 Å². The second-order valence-electron chi connectivity index (χ2n) is 3.85. The number of amides is 1. The Kier molecular flexibility index (Phi) is 5.83. The van der Waals surface area contributed by atoms with Crippen molar-refractivity contribution in [2.45, 2.75) is 13.3 Å². The summed E-state index contributed by atoms with van der Waals surface area (Å²) in [4.78, 5) is 13.3. The number of piperazine rings is 1. The van der Waals surface area contributed by atoms with Gasteiger partial charge in [0.2, 0.25) is 5.91 Å². The Morgan fingerprint density at radius 2 is 1.94 bits per heavy atom. The molecule has 1 saturated heterocycles. The van der Waals surface area contributed by atoms with Crippen LogP contribution in [0.3, 0.4) is 0 Å². The Morgan fingerprint density at radius 3 is 2.53 bits per heavy atom. The summed E-state index contributed by atoms with van der Waals surface area (Å²) in [6.07, 6.45) is 0.715. The summed E-state index contributed by atoms with van der Waals surface area (Å²) in [5, 5.41) is 3.12. The third-order valence-electron chi connectivity index (χ3n) is 2.43. The Balaban J connectivity index is 2.31. The molecule has 3 N–H and O–H groups in total. The normalized spacial score (nSPS) is 17.1. The molecule has 1 amide bonds. The van der Waals surface area contributed by atoms with E-state index in [1.807, 2.05) is 6.92 Å². The molecule has 1 rings (SSSR count). The molecule has 17 heavy (non-hydrogen) atoms. The molecule has 100 valence electrons. The standard InChI is InChI=1S/C9H20N4O3S/c1-2-3-11-17(15,16)12-8-9(14)13-6-4-10-5-7-13/h10-12H,2-8H2,1H3. The molecule has 8 heteroatoms. The first-order chi connectivity index (χ1) is 8.05. The van der Waals surface area contributed by atoms with Crippen LogP contribution in [0.15, 0.2) is 0 Å². The van der Waals surface area contributed by atoms with Crippen molar-refractivity contribution in [1.82, 2.24) is 19.7 Å². The first kappa shape index (κ1) is 14.4. The Morgan fingerprint density at radius 1 is 1.29 bits per heavy atom. The quantitative estimate of drug-likeness (QED) is 0.531. The van der Waals surface area contributed by atoms with Crippen LogP contribution in [-0.4, -0.2) is 58.5 Å². The van der Waals surface area contributed by atoms with Gasteiger partial charge in [-0.15, -0.1) is 0 Å². The van der Waals surface area contributed by atoms with Crippen LogP contribution in [0.2, 0.25) is 0 Å². The average Bonchev–Trinajstić information content (AvgIpc) is 2.35. The number of hydrogen-bond donors (Lipinski definition) is 3. The van der Waals surface area contributed by atoms with Crippen LogP contribution in [0.1, 0.15) is 13.3 Å². The monoisotopic (exact) mass is 264 g/mol. The highest BCUT2D eigenvalue weighted by molar-refractivity contribution is 7.87. The molecular formula is C9H20N4O3S. The van der Waals surface area contributed by atoms with Crippen molar-refractivity contribution in [3.63, 3.8) is 0 Å². The zero-order valence-corrected chi connectivity index (χ0v) is 10.8. The fraction of sp³-hybridized carbons (Fsp3) is 0.889. The van der Waals surface area contributed by atoms with Crippen molar-refractivity contribution in [2.75, 3.05) is 39.3 Å². The van der Waals surface area contributed by atoms with Gasteiger partial charge < -0.3 is 10.2 Å². The summed E-state index contributed by atoms with van der Waals surface area (Å²) in [5.41, 5.74) is 0. The molecule has 0 radical (unpaired) electrons. The minimum Gasteiger partial charge on any atom is -0.339 e. The lowest BCUT2D eigenvalue weighted by Gasteiger charge is -2.27. The van der Waals surface area contributed by atoms with Crippen LogP contribution in [0.5, 0.6) is 0 Å². The second kappa shape index (κ2) is 6.90. The Hall–Kier alpha value is -0.700. The van der Waals surface area contributed by atoms with Gasteiger partial charge in [0, 0.05) is 32.7 Å². The maximum Gasteiger partial charge on any atom is 0.277 e. The number of carbonyl (C=O) groups excluding carboxylic acids is 1. The highest BCUT2D eigenvalue weighted by Crippen LogP contribution is 1.92. The van der Waals surface area contributed by atoms with Crippen molar-refractivity contribution >= 4 is 16.1 Å². The van der Waals surface area contributed by atoms with Gasteiger partial charge in [-0.3, -0.25) is 4.79 Å². The van der Waals surface area contributed by atoms with E-state index in [9.17, 15) is 13.2 Å². The number of rotatable bonds is 6. The summed E-state index contributed by atoms with van der Waals surface area (Å²) in [5.74, 6) is -0.187. The topological polar surface area (TPSA) is 90.5 Å². The number of carbonyl (C=O) groups is 1. The molecule has 0 bridgehead atoms. The lowest BCUT2D eigenvalue weighted by atomic mass is 10.3. The van der Waals surface area contributed by atoms with Gasteiger partial charge >= 0.3 is 0 Å². The Labute approximate surface area is 102 Å². The molecule has 0 unspecified atom stereocenters. The van der Waals surface area contributed by atoms with E-state index in [0.29, 0.717) is 26.1 Å². The molecule has 1 aliphatic heterocycles. The smallest absolute Gasteiger partial charge is 0.277 e. The van der Waals surface area contributed by atoms with Gasteiger partial charge in [-0.2, -0.15) is 13.1 Å². The molecule has 0 spiro atoms. The third-order valence-corrected chi connectivity index (χ3v) is 3.53. The first-order valence-corrected chi connectivity index (χ1v) is 7.26. The maximum atomic E-state index is 11.7. The minimum atomic E-state index is -3.54. The zero-order chi connectivity index (χ0) is 12.7. The van der Waals surface area contributed by atoms with Gasteiger partial charge in [-0.1, -0.05) is 6.92 Å². The molecule has 1 fully saturated rings. The molecule has 0 aromatic heterocycles. The van der Waals surface area contributed by atoms with Gasteiger partial charge in [0.15, 0.2) is 0 Å². The van der Waals surface area contributed by atoms with Crippen LogP contribution < -0.4 is 14.8 Å². The van der Waals surface area contributed by atoms with Crippen LogP contribution in [-0.2, 0) is 15.0 Å². The van der Waals surface area contributed by atoms with E-state index in [4.69, 9.17) is 0 Å². The van der Waals surface area contributed by atoms with E-state index in [1.54, 1.807) is 4.90 Å². The van der Waals surface area contributed by atoms with E-state index in [1.165, 1.54) is 0 Å². The highest BCUT2D eigenvalue weighted by atomic mass is 32.2. The van der Waals surface area contributed by atoms with Crippen LogP contribution in [0, 0.1) is 0 Å². The fourth-order valence-electron chi connectivity index (χ4n) is 1.47. The summed E-state index contributed by atoms with van der Waals surface area (Å²) < 4.78 is 27.3. The number of nitrogens with zero attached hydrogens (tertiary/aromatic N) is 1. The van der Waals surface area contributed by atoms with Gasteiger partial charge in [0.1, 0.15) is 0 Å². The van der Waals surface area contributed by atoms with Gasteiger partial charge in [-0.25, -0.2) is 4.72 Å². The molecule has 1 heterocycles. The minimum absolute atomic E-state index is 0.182. The SMILES string of the molecule is CCCNS(=O)(=O)NCC(=O)N1CCNCC1. The second-order valence-corrected chi connectivity index (χ2v) is 5.43. The maximum absolute atomic E-state index is 11.7. The Bertz CT molecular complexity index is 338. The fourth-order valence-corrected chi connectivity index (χ4v) is 2.36. The van der Waals surface area contributed by atoms with Crippen LogP contribution >= 0.6 is 0 Å². The average molecular weight is 264 g/mol.